The standard InChI is InChI=1S/C22H36BrN3O4S/c1-5-9-24-18(28)14-15-20(30)26(10-7-6-8-11-27)17(19(29)25-21(2,3)4)22(15)12-13(23)16(14)31-22/h13-17,27H,5-12H2,1-4H3,(H,24,28)(H,25,29)/t13?,14-,15+,16-,17?,22?/m1/s1. The zero-order chi connectivity index (χ0) is 23.0. The smallest absolute Gasteiger partial charge is 0.244 e. The number of aliphatic hydroxyl groups is 1. The van der Waals surface area contributed by atoms with Crippen molar-refractivity contribution in [3.05, 3.63) is 0 Å². The number of nitrogens with one attached hydrogen (secondary N) is 2. The lowest BCUT2D eigenvalue weighted by molar-refractivity contribution is -0.140. The molecule has 3 rings (SSSR count). The summed E-state index contributed by atoms with van der Waals surface area (Å²) in [7, 11) is 0. The summed E-state index contributed by atoms with van der Waals surface area (Å²) in [6.45, 7) is 9.01. The fourth-order valence-electron chi connectivity index (χ4n) is 5.34. The van der Waals surface area contributed by atoms with E-state index in [1.807, 2.05) is 27.7 Å². The maximum atomic E-state index is 13.7. The van der Waals surface area contributed by atoms with Gasteiger partial charge in [-0.1, -0.05) is 22.9 Å². The number of unbranched alkanes of at least 4 members (excludes halogenated alkanes) is 2. The third-order valence-electron chi connectivity index (χ3n) is 6.44. The van der Waals surface area contributed by atoms with E-state index >= 15 is 0 Å². The van der Waals surface area contributed by atoms with Crippen LogP contribution in [0.1, 0.15) is 59.8 Å². The van der Waals surface area contributed by atoms with Gasteiger partial charge in [0.25, 0.3) is 0 Å². The Balaban J connectivity index is 1.94. The molecule has 3 aliphatic rings. The molecule has 9 heteroatoms. The first-order valence-electron chi connectivity index (χ1n) is 11.4. The van der Waals surface area contributed by atoms with Crippen LogP contribution in [-0.2, 0) is 14.4 Å². The van der Waals surface area contributed by atoms with Gasteiger partial charge in [-0.15, -0.1) is 11.8 Å². The highest BCUT2D eigenvalue weighted by atomic mass is 79.9. The van der Waals surface area contributed by atoms with Crippen LogP contribution in [-0.4, -0.2) is 73.8 Å². The summed E-state index contributed by atoms with van der Waals surface area (Å²) in [6, 6.07) is -0.586. The van der Waals surface area contributed by atoms with Crippen LogP contribution >= 0.6 is 27.7 Å². The highest BCUT2D eigenvalue weighted by Gasteiger charge is 2.75. The third kappa shape index (κ3) is 4.64. The zero-order valence-corrected chi connectivity index (χ0v) is 21.4. The number of aliphatic hydroxyl groups excluding tert-OH is 1. The van der Waals surface area contributed by atoms with Crippen molar-refractivity contribution in [3.8, 4) is 0 Å². The molecule has 31 heavy (non-hydrogen) atoms. The number of rotatable bonds is 9. The SMILES string of the molecule is CCCNC(=O)[C@H]1[C@@H]2SC3(CC2Br)C(C(=O)NC(C)(C)C)N(CCCCCO)C(=O)[C@H]13. The number of hydrogen-bond donors (Lipinski definition) is 3. The minimum absolute atomic E-state index is 0.00715. The minimum Gasteiger partial charge on any atom is -0.396 e. The third-order valence-corrected chi connectivity index (χ3v) is 9.66. The molecule has 3 unspecified atom stereocenters. The van der Waals surface area contributed by atoms with E-state index in [9.17, 15) is 14.4 Å². The van der Waals surface area contributed by atoms with Crippen molar-refractivity contribution < 1.29 is 19.5 Å². The Labute approximate surface area is 198 Å². The lowest BCUT2D eigenvalue weighted by Gasteiger charge is -2.36. The zero-order valence-electron chi connectivity index (χ0n) is 18.9. The molecule has 0 aromatic carbocycles. The van der Waals surface area contributed by atoms with E-state index in [2.05, 4.69) is 26.6 Å². The average molecular weight is 519 g/mol. The first kappa shape index (κ1) is 24.8. The molecule has 3 fully saturated rings. The number of hydrogen-bond acceptors (Lipinski definition) is 5. The molecule has 0 aliphatic carbocycles. The van der Waals surface area contributed by atoms with Gasteiger partial charge in [0, 0.05) is 35.3 Å². The highest BCUT2D eigenvalue weighted by Crippen LogP contribution is 2.67. The van der Waals surface area contributed by atoms with Crippen LogP contribution in [0.3, 0.4) is 0 Å². The number of alkyl halides is 1. The van der Waals surface area contributed by atoms with Crippen LogP contribution < -0.4 is 10.6 Å². The van der Waals surface area contributed by atoms with Crippen molar-refractivity contribution in [2.24, 2.45) is 11.8 Å². The quantitative estimate of drug-likeness (QED) is 0.321. The number of halogens is 1. The number of thioether (sulfide) groups is 1. The van der Waals surface area contributed by atoms with Gasteiger partial charge in [0.05, 0.1) is 16.6 Å². The van der Waals surface area contributed by atoms with Crippen LogP contribution in [0.15, 0.2) is 0 Å². The van der Waals surface area contributed by atoms with Crippen molar-refractivity contribution in [3.63, 3.8) is 0 Å². The number of nitrogens with zero attached hydrogens (tertiary/aromatic N) is 1. The number of fused-ring (bicyclic) bond motifs is 1. The van der Waals surface area contributed by atoms with E-state index in [4.69, 9.17) is 5.11 Å². The Kier molecular flexibility index (Phi) is 7.69. The highest BCUT2D eigenvalue weighted by molar-refractivity contribution is 9.09. The molecule has 6 atom stereocenters. The van der Waals surface area contributed by atoms with E-state index in [0.717, 1.165) is 19.3 Å². The molecule has 0 aromatic rings. The van der Waals surface area contributed by atoms with Crippen molar-refractivity contribution in [1.82, 2.24) is 15.5 Å². The van der Waals surface area contributed by atoms with Gasteiger partial charge >= 0.3 is 0 Å². The number of amides is 3. The normalized spacial score (nSPS) is 34.2. The molecule has 0 saturated carbocycles. The maximum Gasteiger partial charge on any atom is 0.244 e. The fourth-order valence-corrected chi connectivity index (χ4v) is 8.96. The number of carbonyl (C=O) groups excluding carboxylic acids is 3. The van der Waals surface area contributed by atoms with E-state index in [-0.39, 0.29) is 34.4 Å². The summed E-state index contributed by atoms with van der Waals surface area (Å²) in [5, 5.41) is 15.2. The van der Waals surface area contributed by atoms with Crippen LogP contribution in [0.25, 0.3) is 0 Å². The second kappa shape index (κ2) is 9.59. The molecule has 3 N–H and O–H groups in total. The molecule has 3 saturated heterocycles. The first-order chi connectivity index (χ1) is 14.6. The number of likely N-dealkylation sites (tertiary alicyclic amines) is 1. The van der Waals surface area contributed by atoms with Gasteiger partial charge in [-0.05, 0) is 52.9 Å². The van der Waals surface area contributed by atoms with Crippen molar-refractivity contribution in [2.45, 2.75) is 86.2 Å². The first-order valence-corrected chi connectivity index (χ1v) is 13.2. The van der Waals surface area contributed by atoms with Gasteiger partial charge in [-0.2, -0.15) is 0 Å². The van der Waals surface area contributed by atoms with E-state index < -0.39 is 28.2 Å². The second-order valence-electron chi connectivity index (χ2n) is 10.0. The van der Waals surface area contributed by atoms with Gasteiger partial charge in [0.15, 0.2) is 0 Å². The minimum atomic E-state index is -0.587. The molecule has 0 radical (unpaired) electrons. The largest absolute Gasteiger partial charge is 0.396 e. The Morgan fingerprint density at radius 1 is 1.26 bits per heavy atom. The van der Waals surface area contributed by atoms with Gasteiger partial charge in [-0.3, -0.25) is 14.4 Å². The number of carbonyl (C=O) groups is 3. The van der Waals surface area contributed by atoms with Crippen LogP contribution in [0.2, 0.25) is 0 Å². The monoisotopic (exact) mass is 517 g/mol. The van der Waals surface area contributed by atoms with Crippen molar-refractivity contribution in [1.29, 1.82) is 0 Å². The predicted molar refractivity (Wildman–Crippen MR) is 126 cm³/mol. The van der Waals surface area contributed by atoms with Gasteiger partial charge in [0.1, 0.15) is 6.04 Å². The van der Waals surface area contributed by atoms with E-state index in [0.29, 0.717) is 25.9 Å². The molecule has 176 valence electrons. The second-order valence-corrected chi connectivity index (χ2v) is 12.7. The molecule has 3 amide bonds. The molecular formula is C22H36BrN3O4S. The topological polar surface area (TPSA) is 98.7 Å². The van der Waals surface area contributed by atoms with E-state index in [1.54, 1.807) is 16.7 Å². The maximum absolute atomic E-state index is 13.7. The Morgan fingerprint density at radius 2 is 1.97 bits per heavy atom. The summed E-state index contributed by atoms with van der Waals surface area (Å²) >= 11 is 5.43. The fraction of sp³-hybridized carbons (Fsp3) is 0.864. The Bertz CT molecular complexity index is 715. The molecule has 3 heterocycles. The van der Waals surface area contributed by atoms with Crippen molar-refractivity contribution in [2.75, 3.05) is 19.7 Å². The van der Waals surface area contributed by atoms with Gasteiger partial charge in [-0.25, -0.2) is 0 Å². The molecule has 1 spiro atoms. The Morgan fingerprint density at radius 3 is 2.58 bits per heavy atom. The summed E-state index contributed by atoms with van der Waals surface area (Å²) in [5.74, 6) is -1.16. The van der Waals surface area contributed by atoms with Crippen LogP contribution in [0.5, 0.6) is 0 Å². The molecule has 2 bridgehead atoms. The average Bonchev–Trinajstić information content (AvgIpc) is 3.25. The van der Waals surface area contributed by atoms with Crippen LogP contribution in [0, 0.1) is 11.8 Å². The van der Waals surface area contributed by atoms with Crippen molar-refractivity contribution >= 4 is 45.4 Å². The lowest BCUT2D eigenvalue weighted by Crippen LogP contribution is -2.57. The molecule has 0 aromatic heterocycles. The summed E-state index contributed by atoms with van der Waals surface area (Å²) in [4.78, 5) is 42.1. The molecular weight excluding hydrogens is 482 g/mol. The summed E-state index contributed by atoms with van der Waals surface area (Å²) in [5.41, 5.74) is -0.412. The predicted octanol–water partition coefficient (Wildman–Crippen LogP) is 2.05. The lowest BCUT2D eigenvalue weighted by atomic mass is 9.70. The molecule has 7 nitrogen and oxygen atoms in total. The van der Waals surface area contributed by atoms with Crippen LogP contribution in [0.4, 0.5) is 0 Å². The van der Waals surface area contributed by atoms with Gasteiger partial charge < -0.3 is 20.6 Å². The molecule has 3 aliphatic heterocycles. The van der Waals surface area contributed by atoms with E-state index in [1.165, 1.54) is 0 Å². The summed E-state index contributed by atoms with van der Waals surface area (Å²) in [6.07, 6.45) is 3.74. The summed E-state index contributed by atoms with van der Waals surface area (Å²) < 4.78 is -0.587. The Hall–Kier alpha value is -0.800. The van der Waals surface area contributed by atoms with Gasteiger partial charge in [0.2, 0.25) is 17.7 Å².